The molecule has 0 aliphatic carbocycles. The normalized spacial score (nSPS) is 22.2. The molecule has 0 saturated carbocycles. The van der Waals surface area contributed by atoms with Crippen LogP contribution in [0.15, 0.2) is 0 Å². The van der Waals surface area contributed by atoms with E-state index in [9.17, 15) is 19.5 Å². The maximum atomic E-state index is 12.3. The van der Waals surface area contributed by atoms with Crippen LogP contribution in [-0.4, -0.2) is 66.0 Å². The van der Waals surface area contributed by atoms with Gasteiger partial charge in [-0.1, -0.05) is 6.92 Å². The molecular formula is C13H23N3O4. The molecule has 1 aliphatic heterocycles. The highest BCUT2D eigenvalue weighted by Crippen LogP contribution is 2.24. The molecule has 0 aromatic heterocycles. The van der Waals surface area contributed by atoms with Gasteiger partial charge in [0.2, 0.25) is 5.91 Å². The Morgan fingerprint density at radius 2 is 2.05 bits per heavy atom. The zero-order valence-corrected chi connectivity index (χ0v) is 12.3. The van der Waals surface area contributed by atoms with Crippen LogP contribution in [0.2, 0.25) is 0 Å². The van der Waals surface area contributed by atoms with E-state index in [0.717, 1.165) is 12.8 Å². The number of aliphatic carboxylic acids is 1. The zero-order valence-electron chi connectivity index (χ0n) is 12.3. The minimum absolute atomic E-state index is 0.0578. The Bertz CT molecular complexity index is 386. The number of urea groups is 1. The SMILES string of the molecule is CNC(=O)CCN(C)C(=O)N1CCCC(C)C1C(=O)O. The van der Waals surface area contributed by atoms with Crippen molar-refractivity contribution in [3.05, 3.63) is 0 Å². The molecule has 2 unspecified atom stereocenters. The van der Waals surface area contributed by atoms with Gasteiger partial charge in [0, 0.05) is 33.6 Å². The Morgan fingerprint density at radius 3 is 2.60 bits per heavy atom. The molecule has 114 valence electrons. The Kier molecular flexibility index (Phi) is 5.79. The summed E-state index contributed by atoms with van der Waals surface area (Å²) in [6, 6.07) is -1.11. The predicted octanol–water partition coefficient (Wildman–Crippen LogP) is 0.359. The molecule has 0 aromatic carbocycles. The molecular weight excluding hydrogens is 262 g/mol. The van der Waals surface area contributed by atoms with Gasteiger partial charge in [0.15, 0.2) is 0 Å². The number of carbonyl (C=O) groups excluding carboxylic acids is 2. The number of carbonyl (C=O) groups is 3. The number of amides is 3. The van der Waals surface area contributed by atoms with Gasteiger partial charge in [0.25, 0.3) is 0 Å². The van der Waals surface area contributed by atoms with E-state index in [1.54, 1.807) is 7.05 Å². The van der Waals surface area contributed by atoms with E-state index in [1.807, 2.05) is 6.92 Å². The quantitative estimate of drug-likeness (QED) is 0.780. The van der Waals surface area contributed by atoms with Gasteiger partial charge >= 0.3 is 12.0 Å². The molecule has 1 saturated heterocycles. The second-order valence-electron chi connectivity index (χ2n) is 5.22. The Balaban J connectivity index is 2.68. The summed E-state index contributed by atoms with van der Waals surface area (Å²) in [4.78, 5) is 37.6. The molecule has 2 N–H and O–H groups in total. The first-order chi connectivity index (χ1) is 9.38. The van der Waals surface area contributed by atoms with E-state index in [4.69, 9.17) is 0 Å². The van der Waals surface area contributed by atoms with Gasteiger partial charge in [0.1, 0.15) is 6.04 Å². The van der Waals surface area contributed by atoms with Gasteiger partial charge < -0.3 is 20.2 Å². The molecule has 1 aliphatic rings. The van der Waals surface area contributed by atoms with Crippen molar-refractivity contribution in [2.24, 2.45) is 5.92 Å². The molecule has 3 amide bonds. The van der Waals surface area contributed by atoms with Crippen molar-refractivity contribution < 1.29 is 19.5 Å². The van der Waals surface area contributed by atoms with E-state index in [-0.39, 0.29) is 30.8 Å². The second-order valence-corrected chi connectivity index (χ2v) is 5.22. The predicted molar refractivity (Wildman–Crippen MR) is 73.2 cm³/mol. The highest BCUT2D eigenvalue weighted by atomic mass is 16.4. The van der Waals surface area contributed by atoms with Crippen molar-refractivity contribution in [3.8, 4) is 0 Å². The first kappa shape index (κ1) is 16.3. The van der Waals surface area contributed by atoms with E-state index in [0.29, 0.717) is 6.54 Å². The summed E-state index contributed by atoms with van der Waals surface area (Å²) < 4.78 is 0. The number of hydrogen-bond donors (Lipinski definition) is 2. The van der Waals surface area contributed by atoms with E-state index >= 15 is 0 Å². The topological polar surface area (TPSA) is 90.0 Å². The average molecular weight is 285 g/mol. The Morgan fingerprint density at radius 1 is 1.40 bits per heavy atom. The van der Waals surface area contributed by atoms with Crippen LogP contribution >= 0.6 is 0 Å². The molecule has 1 fully saturated rings. The third kappa shape index (κ3) is 3.85. The fourth-order valence-electron chi connectivity index (χ4n) is 2.49. The van der Waals surface area contributed by atoms with Crippen molar-refractivity contribution >= 4 is 17.9 Å². The number of carboxylic acids is 1. The molecule has 7 nitrogen and oxygen atoms in total. The van der Waals surface area contributed by atoms with Crippen molar-refractivity contribution in [3.63, 3.8) is 0 Å². The summed E-state index contributed by atoms with van der Waals surface area (Å²) in [6.07, 6.45) is 1.82. The Labute approximate surface area is 118 Å². The van der Waals surface area contributed by atoms with Crippen LogP contribution in [0.25, 0.3) is 0 Å². The number of nitrogens with one attached hydrogen (secondary N) is 1. The average Bonchev–Trinajstić information content (AvgIpc) is 2.42. The highest BCUT2D eigenvalue weighted by Gasteiger charge is 2.38. The van der Waals surface area contributed by atoms with Crippen molar-refractivity contribution in [2.75, 3.05) is 27.2 Å². The fraction of sp³-hybridized carbons (Fsp3) is 0.769. The van der Waals surface area contributed by atoms with Gasteiger partial charge in [0.05, 0.1) is 0 Å². The maximum absolute atomic E-state index is 12.3. The van der Waals surface area contributed by atoms with Crippen LogP contribution in [0.5, 0.6) is 0 Å². The number of nitrogens with zero attached hydrogens (tertiary/aromatic N) is 2. The third-order valence-corrected chi connectivity index (χ3v) is 3.71. The molecule has 0 bridgehead atoms. The summed E-state index contributed by atoms with van der Waals surface area (Å²) >= 11 is 0. The molecule has 7 heteroatoms. The molecule has 0 spiro atoms. The zero-order chi connectivity index (χ0) is 15.3. The first-order valence-corrected chi connectivity index (χ1v) is 6.83. The summed E-state index contributed by atoms with van der Waals surface area (Å²) in [5.74, 6) is -1.17. The molecule has 1 heterocycles. The summed E-state index contributed by atoms with van der Waals surface area (Å²) in [7, 11) is 3.13. The van der Waals surface area contributed by atoms with Gasteiger partial charge in [-0.15, -0.1) is 0 Å². The number of carboxylic acid groups (broad SMARTS) is 1. The van der Waals surface area contributed by atoms with Gasteiger partial charge in [-0.2, -0.15) is 0 Å². The first-order valence-electron chi connectivity index (χ1n) is 6.83. The summed E-state index contributed by atoms with van der Waals surface area (Å²) in [6.45, 7) is 2.57. The second kappa shape index (κ2) is 7.12. The lowest BCUT2D eigenvalue weighted by atomic mass is 9.91. The van der Waals surface area contributed by atoms with Crippen molar-refractivity contribution in [2.45, 2.75) is 32.2 Å². The highest BCUT2D eigenvalue weighted by molar-refractivity contribution is 5.83. The summed E-state index contributed by atoms with van der Waals surface area (Å²) in [5, 5.41) is 11.8. The smallest absolute Gasteiger partial charge is 0.326 e. The number of likely N-dealkylation sites (tertiary alicyclic amines) is 1. The van der Waals surface area contributed by atoms with Crippen molar-refractivity contribution in [1.82, 2.24) is 15.1 Å². The van der Waals surface area contributed by atoms with Crippen LogP contribution in [0, 0.1) is 5.92 Å². The minimum atomic E-state index is -0.967. The maximum Gasteiger partial charge on any atom is 0.326 e. The van der Waals surface area contributed by atoms with Gasteiger partial charge in [-0.25, -0.2) is 9.59 Å². The van der Waals surface area contributed by atoms with Crippen LogP contribution in [0.3, 0.4) is 0 Å². The van der Waals surface area contributed by atoms with Crippen molar-refractivity contribution in [1.29, 1.82) is 0 Å². The number of hydrogen-bond acceptors (Lipinski definition) is 3. The molecule has 20 heavy (non-hydrogen) atoms. The van der Waals surface area contributed by atoms with Crippen LogP contribution in [-0.2, 0) is 9.59 Å². The lowest BCUT2D eigenvalue weighted by Crippen LogP contribution is -2.55. The molecule has 0 aromatic rings. The fourth-order valence-corrected chi connectivity index (χ4v) is 2.49. The van der Waals surface area contributed by atoms with Crippen LogP contribution < -0.4 is 5.32 Å². The summed E-state index contributed by atoms with van der Waals surface area (Å²) in [5.41, 5.74) is 0. The van der Waals surface area contributed by atoms with Gasteiger partial charge in [-0.05, 0) is 18.8 Å². The van der Waals surface area contributed by atoms with Gasteiger partial charge in [-0.3, -0.25) is 4.79 Å². The van der Waals surface area contributed by atoms with E-state index < -0.39 is 12.0 Å². The lowest BCUT2D eigenvalue weighted by Gasteiger charge is -2.39. The number of piperidine rings is 1. The molecule has 0 radical (unpaired) electrons. The van der Waals surface area contributed by atoms with Crippen LogP contribution in [0.1, 0.15) is 26.2 Å². The lowest BCUT2D eigenvalue weighted by molar-refractivity contribution is -0.145. The van der Waals surface area contributed by atoms with E-state index in [2.05, 4.69) is 5.32 Å². The van der Waals surface area contributed by atoms with E-state index in [1.165, 1.54) is 16.8 Å². The van der Waals surface area contributed by atoms with Crippen LogP contribution in [0.4, 0.5) is 4.79 Å². The number of rotatable bonds is 4. The largest absolute Gasteiger partial charge is 0.480 e. The standard InChI is InChI=1S/C13H23N3O4/c1-9-5-4-7-16(11(9)12(18)19)13(20)15(3)8-6-10(17)14-2/h9,11H,4-8H2,1-3H3,(H,14,17)(H,18,19). The molecule has 1 rings (SSSR count). The Hall–Kier alpha value is -1.79. The monoisotopic (exact) mass is 285 g/mol. The minimum Gasteiger partial charge on any atom is -0.480 e. The third-order valence-electron chi connectivity index (χ3n) is 3.71. The molecule has 2 atom stereocenters.